The van der Waals surface area contributed by atoms with Crippen LogP contribution in [-0.2, 0) is 22.5 Å². The van der Waals surface area contributed by atoms with Crippen molar-refractivity contribution in [1.82, 2.24) is 9.27 Å². The number of benzene rings is 1. The Balaban J connectivity index is 1.96. The number of amides is 1. The molecule has 0 spiro atoms. The molecule has 1 aliphatic heterocycles. The Kier molecular flexibility index (Phi) is 4.63. The van der Waals surface area contributed by atoms with E-state index in [4.69, 9.17) is 16.3 Å². The monoisotopic (exact) mass is 350 g/mol. The number of halogens is 1. The largest absolute Gasteiger partial charge is 0.464 e. The van der Waals surface area contributed by atoms with E-state index >= 15 is 0 Å². The SMILES string of the molecule is CCOC(=O)C1Cc2ccccc2CN1C(=O)c1sncc1Cl. The molecule has 0 saturated heterocycles. The molecule has 1 aliphatic rings. The summed E-state index contributed by atoms with van der Waals surface area (Å²) in [7, 11) is 0. The molecule has 0 N–H and O–H groups in total. The fraction of sp³-hybridized carbons (Fsp3) is 0.312. The minimum absolute atomic E-state index is 0.278. The highest BCUT2D eigenvalue weighted by Gasteiger charge is 2.37. The molecule has 1 atom stereocenters. The third kappa shape index (κ3) is 3.09. The van der Waals surface area contributed by atoms with Gasteiger partial charge in [-0.3, -0.25) is 4.79 Å². The molecule has 1 amide bonds. The summed E-state index contributed by atoms with van der Waals surface area (Å²) < 4.78 is 9.08. The third-order valence-electron chi connectivity index (χ3n) is 3.79. The Labute approximate surface area is 143 Å². The number of ether oxygens (including phenoxy) is 1. The molecule has 1 aromatic carbocycles. The van der Waals surface area contributed by atoms with Crippen LogP contribution < -0.4 is 0 Å². The van der Waals surface area contributed by atoms with Gasteiger partial charge in [0, 0.05) is 13.0 Å². The topological polar surface area (TPSA) is 59.5 Å². The lowest BCUT2D eigenvalue weighted by molar-refractivity contribution is -0.149. The first-order valence-electron chi connectivity index (χ1n) is 7.26. The summed E-state index contributed by atoms with van der Waals surface area (Å²) in [5, 5.41) is 0.307. The van der Waals surface area contributed by atoms with Crippen molar-refractivity contribution in [2.24, 2.45) is 0 Å². The summed E-state index contributed by atoms with van der Waals surface area (Å²) in [4.78, 5) is 27.0. The van der Waals surface area contributed by atoms with Crippen LogP contribution in [-0.4, -0.2) is 33.8 Å². The number of esters is 1. The molecule has 7 heteroatoms. The van der Waals surface area contributed by atoms with Crippen molar-refractivity contribution in [2.75, 3.05) is 6.61 Å². The van der Waals surface area contributed by atoms with Gasteiger partial charge in [-0.05, 0) is 29.6 Å². The summed E-state index contributed by atoms with van der Waals surface area (Å²) >= 11 is 7.06. The Morgan fingerprint density at radius 3 is 2.78 bits per heavy atom. The zero-order chi connectivity index (χ0) is 16.4. The Morgan fingerprint density at radius 1 is 1.39 bits per heavy atom. The van der Waals surface area contributed by atoms with Crippen molar-refractivity contribution in [1.29, 1.82) is 0 Å². The van der Waals surface area contributed by atoms with Gasteiger partial charge < -0.3 is 9.64 Å². The third-order valence-corrected chi connectivity index (χ3v) is 4.98. The fourth-order valence-electron chi connectivity index (χ4n) is 2.68. The second-order valence-corrected chi connectivity index (χ2v) is 6.39. The Hall–Kier alpha value is -1.92. The summed E-state index contributed by atoms with van der Waals surface area (Å²) in [6, 6.07) is 7.15. The molecule has 1 unspecified atom stereocenters. The molecule has 1 aromatic heterocycles. The zero-order valence-corrected chi connectivity index (χ0v) is 14.1. The van der Waals surface area contributed by atoms with Crippen molar-refractivity contribution in [3.8, 4) is 0 Å². The van der Waals surface area contributed by atoms with E-state index in [2.05, 4.69) is 4.37 Å². The quantitative estimate of drug-likeness (QED) is 0.798. The van der Waals surface area contributed by atoms with Crippen molar-refractivity contribution in [3.63, 3.8) is 0 Å². The van der Waals surface area contributed by atoms with Gasteiger partial charge in [-0.1, -0.05) is 35.9 Å². The van der Waals surface area contributed by atoms with Crippen molar-refractivity contribution < 1.29 is 14.3 Å². The lowest BCUT2D eigenvalue weighted by Crippen LogP contribution is -2.49. The lowest BCUT2D eigenvalue weighted by atomic mass is 9.94. The van der Waals surface area contributed by atoms with Crippen molar-refractivity contribution in [2.45, 2.75) is 25.9 Å². The first-order valence-corrected chi connectivity index (χ1v) is 8.41. The molecule has 0 fully saturated rings. The molecular formula is C16H15ClN2O3S. The van der Waals surface area contributed by atoms with Crippen LogP contribution in [0.4, 0.5) is 0 Å². The highest BCUT2D eigenvalue weighted by Crippen LogP contribution is 2.28. The van der Waals surface area contributed by atoms with Gasteiger partial charge in [0.15, 0.2) is 0 Å². The van der Waals surface area contributed by atoms with E-state index in [0.29, 0.717) is 22.9 Å². The van der Waals surface area contributed by atoms with Gasteiger partial charge >= 0.3 is 5.97 Å². The van der Waals surface area contributed by atoms with Crippen LogP contribution in [0.25, 0.3) is 0 Å². The minimum Gasteiger partial charge on any atom is -0.464 e. The highest BCUT2D eigenvalue weighted by molar-refractivity contribution is 7.08. The van der Waals surface area contributed by atoms with Crippen LogP contribution in [0.1, 0.15) is 27.7 Å². The number of fused-ring (bicyclic) bond motifs is 1. The van der Waals surface area contributed by atoms with Crippen LogP contribution in [0, 0.1) is 0 Å². The van der Waals surface area contributed by atoms with Gasteiger partial charge in [-0.25, -0.2) is 4.79 Å². The zero-order valence-electron chi connectivity index (χ0n) is 12.5. The summed E-state index contributed by atoms with van der Waals surface area (Å²) in [6.07, 6.45) is 1.88. The molecular weight excluding hydrogens is 336 g/mol. The number of carbonyl (C=O) groups excluding carboxylic acids is 2. The fourth-order valence-corrected chi connectivity index (χ4v) is 3.57. The van der Waals surface area contributed by atoms with E-state index < -0.39 is 12.0 Å². The molecule has 0 saturated carbocycles. The van der Waals surface area contributed by atoms with Gasteiger partial charge in [0.2, 0.25) is 0 Å². The van der Waals surface area contributed by atoms with E-state index in [1.54, 1.807) is 6.92 Å². The lowest BCUT2D eigenvalue weighted by Gasteiger charge is -2.35. The molecule has 3 rings (SSSR count). The average molecular weight is 351 g/mol. The maximum atomic E-state index is 12.8. The minimum atomic E-state index is -0.643. The average Bonchev–Trinajstić information content (AvgIpc) is 2.99. The molecule has 23 heavy (non-hydrogen) atoms. The Morgan fingerprint density at radius 2 is 2.13 bits per heavy atom. The van der Waals surface area contributed by atoms with Crippen LogP contribution in [0.2, 0.25) is 5.02 Å². The van der Waals surface area contributed by atoms with E-state index in [-0.39, 0.29) is 12.5 Å². The number of rotatable bonds is 3. The van der Waals surface area contributed by atoms with E-state index in [0.717, 1.165) is 22.7 Å². The number of aromatic nitrogens is 1. The van der Waals surface area contributed by atoms with Gasteiger partial charge in [-0.2, -0.15) is 4.37 Å². The smallest absolute Gasteiger partial charge is 0.329 e. The second kappa shape index (κ2) is 6.68. The first-order chi connectivity index (χ1) is 11.1. The molecule has 120 valence electrons. The van der Waals surface area contributed by atoms with E-state index in [1.807, 2.05) is 24.3 Å². The number of hydrogen-bond donors (Lipinski definition) is 0. The van der Waals surface area contributed by atoms with Crippen LogP contribution in [0.3, 0.4) is 0 Å². The molecule has 0 radical (unpaired) electrons. The molecule has 5 nitrogen and oxygen atoms in total. The molecule has 2 heterocycles. The van der Waals surface area contributed by atoms with Crippen molar-refractivity contribution >= 4 is 35.0 Å². The molecule has 0 aliphatic carbocycles. The molecule has 2 aromatic rings. The number of hydrogen-bond acceptors (Lipinski definition) is 5. The predicted molar refractivity (Wildman–Crippen MR) is 87.6 cm³/mol. The summed E-state index contributed by atoms with van der Waals surface area (Å²) in [6.45, 7) is 2.38. The van der Waals surface area contributed by atoms with Crippen LogP contribution >= 0.6 is 23.1 Å². The van der Waals surface area contributed by atoms with Gasteiger partial charge in [0.1, 0.15) is 10.9 Å². The highest BCUT2D eigenvalue weighted by atomic mass is 35.5. The van der Waals surface area contributed by atoms with E-state index in [1.165, 1.54) is 11.1 Å². The molecule has 0 bridgehead atoms. The first kappa shape index (κ1) is 16.0. The maximum Gasteiger partial charge on any atom is 0.329 e. The van der Waals surface area contributed by atoms with E-state index in [9.17, 15) is 9.59 Å². The Bertz CT molecular complexity index is 746. The predicted octanol–water partition coefficient (Wildman–Crippen LogP) is 2.93. The standard InChI is InChI=1S/C16H15ClN2O3S/c1-2-22-16(21)13-7-10-5-3-4-6-11(10)9-19(13)15(20)14-12(17)8-18-23-14/h3-6,8,13H,2,7,9H2,1H3. The van der Waals surface area contributed by atoms with Crippen LogP contribution in [0.5, 0.6) is 0 Å². The normalized spacial score (nSPS) is 16.8. The summed E-state index contributed by atoms with van der Waals surface area (Å²) in [5.41, 5.74) is 2.09. The van der Waals surface area contributed by atoms with Gasteiger partial charge in [0.05, 0.1) is 17.8 Å². The van der Waals surface area contributed by atoms with Crippen molar-refractivity contribution in [3.05, 3.63) is 51.5 Å². The number of carbonyl (C=O) groups is 2. The number of nitrogens with zero attached hydrogens (tertiary/aromatic N) is 2. The van der Waals surface area contributed by atoms with Gasteiger partial charge in [0.25, 0.3) is 5.91 Å². The maximum absolute atomic E-state index is 12.8. The van der Waals surface area contributed by atoms with Crippen LogP contribution in [0.15, 0.2) is 30.5 Å². The van der Waals surface area contributed by atoms with Gasteiger partial charge in [-0.15, -0.1) is 0 Å². The summed E-state index contributed by atoms with van der Waals surface area (Å²) in [5.74, 6) is -0.680. The second-order valence-electron chi connectivity index (χ2n) is 5.18.